The summed E-state index contributed by atoms with van der Waals surface area (Å²) in [6.07, 6.45) is 8.16. The Morgan fingerprint density at radius 3 is 2.96 bits per heavy atom. The summed E-state index contributed by atoms with van der Waals surface area (Å²) >= 11 is 0. The number of nitrogens with zero attached hydrogens (tertiary/aromatic N) is 4. The number of ether oxygens (including phenoxy) is 1. The van der Waals surface area contributed by atoms with Gasteiger partial charge in [0.15, 0.2) is 0 Å². The first-order chi connectivity index (χ1) is 12.8. The molecule has 0 unspecified atom stereocenters. The van der Waals surface area contributed by atoms with E-state index in [4.69, 9.17) is 4.74 Å². The van der Waals surface area contributed by atoms with Crippen LogP contribution in [-0.4, -0.2) is 52.2 Å². The van der Waals surface area contributed by atoms with Crippen LogP contribution in [0.25, 0.3) is 0 Å². The second kappa shape index (κ2) is 7.78. The Bertz CT molecular complexity index is 727. The summed E-state index contributed by atoms with van der Waals surface area (Å²) in [5, 5.41) is 2.99. The Balaban J connectivity index is 1.28. The number of rotatable bonds is 5. The van der Waals surface area contributed by atoms with Gasteiger partial charge in [0.2, 0.25) is 5.91 Å². The third kappa shape index (κ3) is 3.67. The molecule has 1 amide bonds. The number of amides is 1. The number of nitrogens with one attached hydrogen (secondary N) is 1. The van der Waals surface area contributed by atoms with Crippen LogP contribution in [0.4, 0.5) is 5.82 Å². The first-order valence-corrected chi connectivity index (χ1v) is 9.17. The highest BCUT2D eigenvalue weighted by Gasteiger charge is 2.42. The average molecular weight is 353 g/mol. The fourth-order valence-electron chi connectivity index (χ4n) is 3.83. The van der Waals surface area contributed by atoms with E-state index in [0.717, 1.165) is 43.7 Å². The van der Waals surface area contributed by atoms with E-state index in [2.05, 4.69) is 25.2 Å². The molecular formula is C19H23N5O2. The number of hydrogen-bond acceptors (Lipinski definition) is 6. The van der Waals surface area contributed by atoms with E-state index in [1.807, 2.05) is 24.3 Å². The van der Waals surface area contributed by atoms with Crippen molar-refractivity contribution in [1.82, 2.24) is 20.3 Å². The molecular weight excluding hydrogens is 330 g/mol. The molecule has 7 heteroatoms. The number of hydrogen-bond donors (Lipinski definition) is 1. The van der Waals surface area contributed by atoms with Crippen LogP contribution in [0.1, 0.15) is 25.0 Å². The van der Waals surface area contributed by atoms with Crippen LogP contribution >= 0.6 is 0 Å². The van der Waals surface area contributed by atoms with Crippen molar-refractivity contribution in [1.29, 1.82) is 0 Å². The van der Waals surface area contributed by atoms with E-state index in [1.54, 1.807) is 18.7 Å². The molecule has 2 saturated heterocycles. The molecule has 2 aliphatic rings. The Morgan fingerprint density at radius 1 is 1.19 bits per heavy atom. The van der Waals surface area contributed by atoms with Crippen LogP contribution in [0.15, 0.2) is 43.0 Å². The molecule has 4 heterocycles. The summed E-state index contributed by atoms with van der Waals surface area (Å²) in [7, 11) is 0. The smallest absolute Gasteiger partial charge is 0.249 e. The maximum Gasteiger partial charge on any atom is 0.249 e. The van der Waals surface area contributed by atoms with E-state index in [0.29, 0.717) is 12.6 Å². The molecule has 3 atom stereocenters. The third-order valence-electron chi connectivity index (χ3n) is 5.11. The van der Waals surface area contributed by atoms with E-state index < -0.39 is 0 Å². The molecule has 2 aliphatic heterocycles. The highest BCUT2D eigenvalue weighted by molar-refractivity contribution is 5.80. The monoisotopic (exact) mass is 353 g/mol. The van der Waals surface area contributed by atoms with Gasteiger partial charge < -0.3 is 15.0 Å². The SMILES string of the molecule is O=C(NCCc1ccccn1)[C@@H]1CC[C@@H]2[C@@H](CCN2c2ccncn2)O1. The Kier molecular flexibility index (Phi) is 5.06. The highest BCUT2D eigenvalue weighted by atomic mass is 16.5. The fraction of sp³-hybridized carbons (Fsp3) is 0.474. The van der Waals surface area contributed by atoms with Crippen molar-refractivity contribution in [2.45, 2.75) is 43.9 Å². The van der Waals surface area contributed by atoms with E-state index >= 15 is 0 Å². The van der Waals surface area contributed by atoms with Crippen molar-refractivity contribution in [3.63, 3.8) is 0 Å². The lowest BCUT2D eigenvalue weighted by molar-refractivity contribution is -0.141. The number of anilines is 1. The zero-order chi connectivity index (χ0) is 17.8. The maximum absolute atomic E-state index is 12.4. The van der Waals surface area contributed by atoms with Crippen molar-refractivity contribution in [2.75, 3.05) is 18.0 Å². The molecule has 4 rings (SSSR count). The van der Waals surface area contributed by atoms with Crippen molar-refractivity contribution in [2.24, 2.45) is 0 Å². The minimum absolute atomic E-state index is 0.0140. The van der Waals surface area contributed by atoms with Crippen LogP contribution in [0.5, 0.6) is 0 Å². The normalized spacial score (nSPS) is 24.9. The van der Waals surface area contributed by atoms with Gasteiger partial charge in [-0.3, -0.25) is 9.78 Å². The number of pyridine rings is 1. The number of carbonyl (C=O) groups is 1. The third-order valence-corrected chi connectivity index (χ3v) is 5.11. The first-order valence-electron chi connectivity index (χ1n) is 9.17. The van der Waals surface area contributed by atoms with E-state index in [-0.39, 0.29) is 18.1 Å². The molecule has 0 radical (unpaired) electrons. The van der Waals surface area contributed by atoms with Gasteiger partial charge in [0.05, 0.1) is 12.1 Å². The van der Waals surface area contributed by atoms with Gasteiger partial charge in [0.1, 0.15) is 18.2 Å². The van der Waals surface area contributed by atoms with Gasteiger partial charge >= 0.3 is 0 Å². The lowest BCUT2D eigenvalue weighted by Crippen LogP contribution is -2.48. The number of carbonyl (C=O) groups excluding carboxylic acids is 1. The molecule has 2 fully saturated rings. The topological polar surface area (TPSA) is 80.2 Å². The summed E-state index contributed by atoms with van der Waals surface area (Å²) in [5.74, 6) is 0.925. The minimum Gasteiger partial charge on any atom is -0.363 e. The zero-order valence-electron chi connectivity index (χ0n) is 14.6. The lowest BCUT2D eigenvalue weighted by Gasteiger charge is -2.35. The number of fused-ring (bicyclic) bond motifs is 1. The summed E-state index contributed by atoms with van der Waals surface area (Å²) < 4.78 is 6.11. The Morgan fingerprint density at radius 2 is 2.15 bits per heavy atom. The van der Waals surface area contributed by atoms with Crippen molar-refractivity contribution in [3.05, 3.63) is 48.7 Å². The fourth-order valence-corrected chi connectivity index (χ4v) is 3.83. The summed E-state index contributed by atoms with van der Waals surface area (Å²) in [4.78, 5) is 27.3. The second-order valence-electron chi connectivity index (χ2n) is 6.72. The number of aromatic nitrogens is 3. The van der Waals surface area contributed by atoms with Gasteiger partial charge in [-0.15, -0.1) is 0 Å². The van der Waals surface area contributed by atoms with Gasteiger partial charge in [0, 0.05) is 37.6 Å². The predicted molar refractivity (Wildman–Crippen MR) is 96.6 cm³/mol. The zero-order valence-corrected chi connectivity index (χ0v) is 14.6. The highest BCUT2D eigenvalue weighted by Crippen LogP contribution is 2.33. The summed E-state index contributed by atoms with van der Waals surface area (Å²) in [6.45, 7) is 1.48. The van der Waals surface area contributed by atoms with Gasteiger partial charge in [-0.1, -0.05) is 6.07 Å². The Hall–Kier alpha value is -2.54. The van der Waals surface area contributed by atoms with Crippen molar-refractivity contribution < 1.29 is 9.53 Å². The summed E-state index contributed by atoms with van der Waals surface area (Å²) in [5.41, 5.74) is 0.980. The molecule has 136 valence electrons. The largest absolute Gasteiger partial charge is 0.363 e. The molecule has 0 bridgehead atoms. The van der Waals surface area contributed by atoms with E-state index in [1.165, 1.54) is 0 Å². The first kappa shape index (κ1) is 16.9. The maximum atomic E-state index is 12.4. The van der Waals surface area contributed by atoms with Gasteiger partial charge in [-0.2, -0.15) is 0 Å². The van der Waals surface area contributed by atoms with Gasteiger partial charge in [0.25, 0.3) is 0 Å². The van der Waals surface area contributed by atoms with Crippen LogP contribution < -0.4 is 10.2 Å². The molecule has 7 nitrogen and oxygen atoms in total. The molecule has 2 aromatic rings. The minimum atomic E-state index is -0.356. The summed E-state index contributed by atoms with van der Waals surface area (Å²) in [6, 6.07) is 8.04. The van der Waals surface area contributed by atoms with Gasteiger partial charge in [-0.05, 0) is 37.5 Å². The molecule has 26 heavy (non-hydrogen) atoms. The quantitative estimate of drug-likeness (QED) is 0.874. The van der Waals surface area contributed by atoms with Crippen LogP contribution in [0.2, 0.25) is 0 Å². The van der Waals surface area contributed by atoms with Crippen LogP contribution in [0.3, 0.4) is 0 Å². The van der Waals surface area contributed by atoms with Crippen LogP contribution in [0, 0.1) is 0 Å². The van der Waals surface area contributed by atoms with Crippen molar-refractivity contribution in [3.8, 4) is 0 Å². The lowest BCUT2D eigenvalue weighted by atomic mass is 9.98. The molecule has 0 aromatic carbocycles. The predicted octanol–water partition coefficient (Wildman–Crippen LogP) is 1.36. The average Bonchev–Trinajstić information content (AvgIpc) is 3.12. The standard InChI is InChI=1S/C19H23N5O2/c25-19(22-11-6-14-3-1-2-9-21-14)17-5-4-15-16(26-17)8-12-24(15)18-7-10-20-13-23-18/h1-3,7,9-10,13,15-17H,4-6,8,11-12H2,(H,22,25)/t15-,16-,17+/m1/s1. The molecule has 0 spiro atoms. The molecule has 0 aliphatic carbocycles. The van der Waals surface area contributed by atoms with Crippen LogP contribution in [-0.2, 0) is 16.0 Å². The van der Waals surface area contributed by atoms with Crippen molar-refractivity contribution >= 4 is 11.7 Å². The molecule has 2 aromatic heterocycles. The molecule has 1 N–H and O–H groups in total. The van der Waals surface area contributed by atoms with E-state index in [9.17, 15) is 4.79 Å². The molecule has 0 saturated carbocycles. The Labute approximate surface area is 152 Å². The van der Waals surface area contributed by atoms with Gasteiger partial charge in [-0.25, -0.2) is 9.97 Å². The second-order valence-corrected chi connectivity index (χ2v) is 6.72.